The highest BCUT2D eigenvalue weighted by atomic mass is 16.3. The number of rotatable bonds is 3. The number of hydrogen-bond donors (Lipinski definition) is 0. The fraction of sp³-hybridized carbons (Fsp3) is 0.211. The minimum Gasteiger partial charge on any atom is -0.460 e. The lowest BCUT2D eigenvalue weighted by Gasteiger charge is -2.15. The van der Waals surface area contributed by atoms with E-state index in [0.717, 1.165) is 52.7 Å². The summed E-state index contributed by atoms with van der Waals surface area (Å²) in [6.45, 7) is 2.16. The highest BCUT2D eigenvalue weighted by Gasteiger charge is 2.28. The number of benzene rings is 2. The standard InChI is InChI=1S/C19H16O2/c1-2-3-8-13-11-16-18(20)14-9-4-6-12-7-5-10-15(17(12)14)19(16)21-13/h4-7,9-11H,2-3,8H2,1H3. The van der Waals surface area contributed by atoms with E-state index in [2.05, 4.69) is 6.92 Å². The summed E-state index contributed by atoms with van der Waals surface area (Å²) in [5, 5.41) is 2.12. The third-order valence-electron chi connectivity index (χ3n) is 4.20. The van der Waals surface area contributed by atoms with Gasteiger partial charge in [0.25, 0.3) is 0 Å². The van der Waals surface area contributed by atoms with Gasteiger partial charge < -0.3 is 4.42 Å². The second-order valence-corrected chi connectivity index (χ2v) is 5.60. The number of furan rings is 1. The number of aryl methyl sites for hydroxylation is 1. The molecule has 0 unspecified atom stereocenters. The van der Waals surface area contributed by atoms with E-state index in [0.29, 0.717) is 5.56 Å². The molecule has 104 valence electrons. The number of unbranched alkanes of at least 4 members (excludes halogenated alkanes) is 1. The molecule has 21 heavy (non-hydrogen) atoms. The monoisotopic (exact) mass is 276 g/mol. The van der Waals surface area contributed by atoms with Crippen molar-refractivity contribution in [1.29, 1.82) is 0 Å². The fourth-order valence-corrected chi connectivity index (χ4v) is 3.15. The zero-order valence-corrected chi connectivity index (χ0v) is 12.0. The van der Waals surface area contributed by atoms with E-state index in [-0.39, 0.29) is 5.78 Å². The quantitative estimate of drug-likeness (QED) is 0.528. The van der Waals surface area contributed by atoms with Crippen LogP contribution in [0.2, 0.25) is 0 Å². The van der Waals surface area contributed by atoms with Gasteiger partial charge in [-0.15, -0.1) is 0 Å². The van der Waals surface area contributed by atoms with Crippen LogP contribution in [0, 0.1) is 0 Å². The molecule has 0 spiro atoms. The van der Waals surface area contributed by atoms with E-state index in [1.165, 1.54) is 0 Å². The number of hydrogen-bond acceptors (Lipinski definition) is 2. The van der Waals surface area contributed by atoms with Crippen molar-refractivity contribution in [3.63, 3.8) is 0 Å². The summed E-state index contributed by atoms with van der Waals surface area (Å²) in [4.78, 5) is 12.7. The van der Waals surface area contributed by atoms with Crippen LogP contribution >= 0.6 is 0 Å². The lowest BCUT2D eigenvalue weighted by Crippen LogP contribution is -2.07. The van der Waals surface area contributed by atoms with Crippen LogP contribution in [0.15, 0.2) is 46.9 Å². The molecular formula is C19H16O2. The Morgan fingerprint density at radius 2 is 1.76 bits per heavy atom. The molecule has 0 bridgehead atoms. The maximum absolute atomic E-state index is 12.7. The SMILES string of the molecule is CCCCc1cc2c(o1)-c1cccc3cccc(c13)C2=O. The molecule has 2 heteroatoms. The van der Waals surface area contributed by atoms with Gasteiger partial charge >= 0.3 is 0 Å². The Morgan fingerprint density at radius 1 is 1.00 bits per heavy atom. The van der Waals surface area contributed by atoms with Crippen molar-refractivity contribution in [1.82, 2.24) is 0 Å². The molecule has 0 saturated carbocycles. The summed E-state index contributed by atoms with van der Waals surface area (Å²) in [5.74, 6) is 1.75. The topological polar surface area (TPSA) is 30.2 Å². The second kappa shape index (κ2) is 4.59. The Labute approximate surface area is 123 Å². The summed E-state index contributed by atoms with van der Waals surface area (Å²) in [6.07, 6.45) is 3.09. The second-order valence-electron chi connectivity index (χ2n) is 5.60. The molecule has 4 rings (SSSR count). The van der Waals surface area contributed by atoms with Gasteiger partial charge in [0.15, 0.2) is 5.78 Å². The Morgan fingerprint density at radius 3 is 2.52 bits per heavy atom. The van der Waals surface area contributed by atoms with Crippen molar-refractivity contribution in [2.24, 2.45) is 0 Å². The van der Waals surface area contributed by atoms with Crippen molar-refractivity contribution < 1.29 is 9.21 Å². The maximum Gasteiger partial charge on any atom is 0.197 e. The Bertz CT molecular complexity index is 850. The van der Waals surface area contributed by atoms with E-state index in [1.54, 1.807) is 0 Å². The molecule has 2 aromatic carbocycles. The van der Waals surface area contributed by atoms with Gasteiger partial charge in [-0.2, -0.15) is 0 Å². The van der Waals surface area contributed by atoms with Crippen LogP contribution in [0.3, 0.4) is 0 Å². The minimum atomic E-state index is 0.0841. The van der Waals surface area contributed by atoms with E-state index in [1.807, 2.05) is 42.5 Å². The molecule has 1 heterocycles. The zero-order chi connectivity index (χ0) is 14.4. The van der Waals surface area contributed by atoms with Crippen molar-refractivity contribution >= 4 is 16.6 Å². The van der Waals surface area contributed by atoms with Gasteiger partial charge in [0.2, 0.25) is 0 Å². The van der Waals surface area contributed by atoms with Gasteiger partial charge in [-0.05, 0) is 17.9 Å². The van der Waals surface area contributed by atoms with Gasteiger partial charge in [0.1, 0.15) is 11.5 Å². The number of ketones is 1. The van der Waals surface area contributed by atoms with Crippen LogP contribution < -0.4 is 0 Å². The summed E-state index contributed by atoms with van der Waals surface area (Å²) < 4.78 is 6.00. The van der Waals surface area contributed by atoms with Crippen LogP contribution in [0.5, 0.6) is 0 Å². The highest BCUT2D eigenvalue weighted by Crippen LogP contribution is 2.40. The van der Waals surface area contributed by atoms with Gasteiger partial charge in [0, 0.05) is 22.9 Å². The van der Waals surface area contributed by atoms with E-state index in [4.69, 9.17) is 4.42 Å². The lowest BCUT2D eigenvalue weighted by atomic mass is 9.87. The molecule has 1 aliphatic carbocycles. The highest BCUT2D eigenvalue weighted by molar-refractivity contribution is 6.25. The van der Waals surface area contributed by atoms with Crippen LogP contribution in [0.1, 0.15) is 41.4 Å². The van der Waals surface area contributed by atoms with E-state index >= 15 is 0 Å². The molecule has 0 saturated heterocycles. The largest absolute Gasteiger partial charge is 0.460 e. The molecule has 0 N–H and O–H groups in total. The molecule has 0 fully saturated rings. The third-order valence-corrected chi connectivity index (χ3v) is 4.20. The van der Waals surface area contributed by atoms with E-state index < -0.39 is 0 Å². The van der Waals surface area contributed by atoms with E-state index in [9.17, 15) is 4.79 Å². The minimum absolute atomic E-state index is 0.0841. The number of fused-ring (bicyclic) bond motifs is 2. The Hall–Kier alpha value is -2.35. The third kappa shape index (κ3) is 1.75. The van der Waals surface area contributed by atoms with Crippen LogP contribution in [0.4, 0.5) is 0 Å². The Kier molecular flexibility index (Phi) is 2.71. The van der Waals surface area contributed by atoms with Crippen LogP contribution in [-0.2, 0) is 6.42 Å². The molecule has 3 aromatic rings. The summed E-state index contributed by atoms with van der Waals surface area (Å²) in [5.41, 5.74) is 2.55. The van der Waals surface area contributed by atoms with Gasteiger partial charge in [0.05, 0.1) is 5.56 Å². The summed E-state index contributed by atoms with van der Waals surface area (Å²) >= 11 is 0. The van der Waals surface area contributed by atoms with Gasteiger partial charge in [-0.25, -0.2) is 0 Å². The molecular weight excluding hydrogens is 260 g/mol. The number of carbonyl (C=O) groups excluding carboxylic acids is 1. The predicted octanol–water partition coefficient (Wildman–Crippen LogP) is 4.99. The molecule has 0 atom stereocenters. The summed E-state index contributed by atoms with van der Waals surface area (Å²) in [7, 11) is 0. The maximum atomic E-state index is 12.7. The molecule has 0 radical (unpaired) electrons. The predicted molar refractivity (Wildman–Crippen MR) is 83.7 cm³/mol. The van der Waals surface area contributed by atoms with Crippen molar-refractivity contribution in [2.75, 3.05) is 0 Å². The molecule has 2 nitrogen and oxygen atoms in total. The average Bonchev–Trinajstić information content (AvgIpc) is 2.95. The lowest BCUT2D eigenvalue weighted by molar-refractivity contribution is 0.103. The van der Waals surface area contributed by atoms with Crippen LogP contribution in [-0.4, -0.2) is 5.78 Å². The molecule has 1 aliphatic rings. The number of carbonyl (C=O) groups is 1. The first-order valence-electron chi connectivity index (χ1n) is 7.49. The zero-order valence-electron chi connectivity index (χ0n) is 12.0. The molecule has 1 aromatic heterocycles. The van der Waals surface area contributed by atoms with Crippen molar-refractivity contribution in [3.8, 4) is 11.3 Å². The van der Waals surface area contributed by atoms with Gasteiger partial charge in [-0.3, -0.25) is 4.79 Å². The van der Waals surface area contributed by atoms with Crippen molar-refractivity contribution in [2.45, 2.75) is 26.2 Å². The van der Waals surface area contributed by atoms with Gasteiger partial charge in [-0.1, -0.05) is 49.7 Å². The van der Waals surface area contributed by atoms with Crippen LogP contribution in [0.25, 0.3) is 22.1 Å². The first-order valence-corrected chi connectivity index (χ1v) is 7.49. The smallest absolute Gasteiger partial charge is 0.197 e. The average molecular weight is 276 g/mol. The van der Waals surface area contributed by atoms with Crippen molar-refractivity contribution in [3.05, 3.63) is 59.4 Å². The first kappa shape index (κ1) is 12.4. The normalized spacial score (nSPS) is 12.7. The fourth-order valence-electron chi connectivity index (χ4n) is 3.15. The summed E-state index contributed by atoms with van der Waals surface area (Å²) in [6, 6.07) is 13.9. The Balaban J connectivity index is 1.98. The molecule has 0 amide bonds. The first-order chi connectivity index (χ1) is 10.3. The molecule has 0 aliphatic heterocycles.